The summed E-state index contributed by atoms with van der Waals surface area (Å²) in [5, 5.41) is 0.418. The lowest BCUT2D eigenvalue weighted by Gasteiger charge is -2.09. The molecule has 2 aromatic carbocycles. The maximum absolute atomic E-state index is 13.1. The lowest BCUT2D eigenvalue weighted by Crippen LogP contribution is -2.04. The zero-order valence-corrected chi connectivity index (χ0v) is 14.7. The fraction of sp³-hybridized carbons (Fsp3) is 0.300. The Kier molecular flexibility index (Phi) is 5.43. The third-order valence-corrected chi connectivity index (χ3v) is 4.62. The Morgan fingerprint density at radius 3 is 1.96 bits per heavy atom. The summed E-state index contributed by atoms with van der Waals surface area (Å²) in [5.74, 6) is 0. The van der Waals surface area contributed by atoms with E-state index in [-0.39, 0.29) is 0 Å². The topological polar surface area (TPSA) is 41.8 Å². The number of alkyl halides is 6. The molecule has 0 saturated heterocycles. The molecule has 1 aromatic heterocycles. The first-order valence-corrected chi connectivity index (χ1v) is 8.71. The van der Waals surface area contributed by atoms with Gasteiger partial charge >= 0.3 is 12.4 Å². The number of H-pyrrole nitrogens is 1. The van der Waals surface area contributed by atoms with Crippen molar-refractivity contribution in [3.63, 3.8) is 0 Å². The van der Waals surface area contributed by atoms with Gasteiger partial charge in [-0.05, 0) is 67.3 Å². The van der Waals surface area contributed by atoms with E-state index in [4.69, 9.17) is 5.73 Å². The smallest absolute Gasteiger partial charge is 0.354 e. The molecule has 28 heavy (non-hydrogen) atoms. The predicted molar refractivity (Wildman–Crippen MR) is 95.7 cm³/mol. The molecule has 0 spiro atoms. The van der Waals surface area contributed by atoms with Gasteiger partial charge in [-0.2, -0.15) is 26.3 Å². The van der Waals surface area contributed by atoms with Crippen molar-refractivity contribution in [2.45, 2.75) is 31.6 Å². The minimum absolute atomic E-state index is 0.418. The van der Waals surface area contributed by atoms with Gasteiger partial charge in [0.1, 0.15) is 0 Å². The molecule has 0 bridgehead atoms. The first-order chi connectivity index (χ1) is 13.1. The van der Waals surface area contributed by atoms with Crippen LogP contribution < -0.4 is 5.73 Å². The second-order valence-electron chi connectivity index (χ2n) is 6.56. The number of unbranched alkanes of at least 4 members (excludes halogenated alkanes) is 1. The van der Waals surface area contributed by atoms with Crippen molar-refractivity contribution in [2.75, 3.05) is 6.54 Å². The highest BCUT2D eigenvalue weighted by molar-refractivity contribution is 5.91. The number of nitrogens with one attached hydrogen (secondary N) is 1. The normalized spacial score (nSPS) is 12.7. The zero-order chi connectivity index (χ0) is 20.5. The fourth-order valence-electron chi connectivity index (χ4n) is 3.20. The molecule has 3 rings (SSSR count). The standard InChI is InChI=1S/C20H18F6N2/c21-19(22,23)13-6-4-12(5-7-13)18-15(3-1-2-10-27)16-11-14(20(24,25)26)8-9-17(16)28-18/h4-9,11,28H,1-3,10,27H2. The van der Waals surface area contributed by atoms with Crippen LogP contribution in [0.3, 0.4) is 0 Å². The van der Waals surface area contributed by atoms with E-state index in [1.807, 2.05) is 0 Å². The number of aromatic nitrogens is 1. The average Bonchev–Trinajstić information content (AvgIpc) is 2.98. The number of aryl methyl sites for hydroxylation is 1. The molecule has 0 fully saturated rings. The Balaban J connectivity index is 2.11. The van der Waals surface area contributed by atoms with E-state index in [2.05, 4.69) is 4.98 Å². The molecular weight excluding hydrogens is 382 g/mol. The molecular formula is C20H18F6N2. The van der Waals surface area contributed by atoms with Crippen molar-refractivity contribution >= 4 is 10.9 Å². The lowest BCUT2D eigenvalue weighted by molar-refractivity contribution is -0.138. The van der Waals surface area contributed by atoms with Crippen LogP contribution in [0.25, 0.3) is 22.2 Å². The maximum Gasteiger partial charge on any atom is 0.416 e. The summed E-state index contributed by atoms with van der Waals surface area (Å²) in [4.78, 5) is 3.06. The van der Waals surface area contributed by atoms with Gasteiger partial charge in [0.25, 0.3) is 0 Å². The number of benzene rings is 2. The van der Waals surface area contributed by atoms with Crippen LogP contribution in [0.2, 0.25) is 0 Å². The number of rotatable bonds is 5. The molecule has 150 valence electrons. The van der Waals surface area contributed by atoms with Crippen molar-refractivity contribution in [3.05, 3.63) is 59.2 Å². The van der Waals surface area contributed by atoms with E-state index < -0.39 is 23.5 Å². The Labute approximate surface area is 157 Å². The van der Waals surface area contributed by atoms with Crippen molar-refractivity contribution < 1.29 is 26.3 Å². The summed E-state index contributed by atoms with van der Waals surface area (Å²) in [6, 6.07) is 7.99. The highest BCUT2D eigenvalue weighted by Gasteiger charge is 2.32. The van der Waals surface area contributed by atoms with Crippen LogP contribution in [0.5, 0.6) is 0 Å². The maximum atomic E-state index is 13.1. The minimum Gasteiger partial charge on any atom is -0.354 e. The van der Waals surface area contributed by atoms with Crippen LogP contribution in [0.15, 0.2) is 42.5 Å². The summed E-state index contributed by atoms with van der Waals surface area (Å²) < 4.78 is 77.7. The Morgan fingerprint density at radius 1 is 0.786 bits per heavy atom. The highest BCUT2D eigenvalue weighted by atomic mass is 19.4. The molecule has 8 heteroatoms. The molecule has 1 heterocycles. The van der Waals surface area contributed by atoms with Gasteiger partial charge in [0.2, 0.25) is 0 Å². The van der Waals surface area contributed by atoms with E-state index in [0.29, 0.717) is 53.5 Å². The summed E-state index contributed by atoms with van der Waals surface area (Å²) in [6.07, 6.45) is -7.11. The van der Waals surface area contributed by atoms with Gasteiger partial charge in [-0.1, -0.05) is 12.1 Å². The fourth-order valence-corrected chi connectivity index (χ4v) is 3.20. The third kappa shape index (κ3) is 4.16. The molecule has 0 saturated carbocycles. The van der Waals surface area contributed by atoms with Gasteiger partial charge < -0.3 is 10.7 Å². The Bertz CT molecular complexity index is 952. The van der Waals surface area contributed by atoms with Crippen LogP contribution in [-0.2, 0) is 18.8 Å². The first-order valence-electron chi connectivity index (χ1n) is 8.71. The number of nitrogens with two attached hydrogens (primary N) is 1. The monoisotopic (exact) mass is 400 g/mol. The molecule has 0 atom stereocenters. The van der Waals surface area contributed by atoms with Crippen molar-refractivity contribution in [2.24, 2.45) is 5.73 Å². The van der Waals surface area contributed by atoms with Gasteiger partial charge in [-0.25, -0.2) is 0 Å². The molecule has 3 aromatic rings. The average molecular weight is 400 g/mol. The quantitative estimate of drug-likeness (QED) is 0.391. The van der Waals surface area contributed by atoms with Crippen LogP contribution in [-0.4, -0.2) is 11.5 Å². The lowest BCUT2D eigenvalue weighted by atomic mass is 9.98. The summed E-state index contributed by atoms with van der Waals surface area (Å²) in [7, 11) is 0. The number of aromatic amines is 1. The molecule has 0 aliphatic carbocycles. The molecule has 0 radical (unpaired) electrons. The van der Waals surface area contributed by atoms with Crippen molar-refractivity contribution in [1.29, 1.82) is 0 Å². The van der Waals surface area contributed by atoms with Gasteiger partial charge in [0.05, 0.1) is 11.1 Å². The SMILES string of the molecule is NCCCCc1c(-c2ccc(C(F)(F)F)cc2)[nH]c2ccc(C(F)(F)F)cc12. The van der Waals surface area contributed by atoms with Crippen LogP contribution >= 0.6 is 0 Å². The zero-order valence-electron chi connectivity index (χ0n) is 14.7. The van der Waals surface area contributed by atoms with Gasteiger partial charge in [-0.15, -0.1) is 0 Å². The van der Waals surface area contributed by atoms with E-state index >= 15 is 0 Å². The molecule has 2 nitrogen and oxygen atoms in total. The summed E-state index contributed by atoms with van der Waals surface area (Å²) in [5.41, 5.74) is 6.13. The minimum atomic E-state index is -4.48. The summed E-state index contributed by atoms with van der Waals surface area (Å²) in [6.45, 7) is 0.450. The van der Waals surface area contributed by atoms with Crippen molar-refractivity contribution in [3.8, 4) is 11.3 Å². The van der Waals surface area contributed by atoms with E-state index in [1.165, 1.54) is 18.2 Å². The van der Waals surface area contributed by atoms with Crippen molar-refractivity contribution in [1.82, 2.24) is 4.98 Å². The van der Waals surface area contributed by atoms with Gasteiger partial charge in [0.15, 0.2) is 0 Å². The first kappa shape index (κ1) is 20.3. The van der Waals surface area contributed by atoms with E-state index in [1.54, 1.807) is 0 Å². The second-order valence-corrected chi connectivity index (χ2v) is 6.56. The van der Waals surface area contributed by atoms with Crippen LogP contribution in [0, 0.1) is 0 Å². The highest BCUT2D eigenvalue weighted by Crippen LogP contribution is 2.37. The molecule has 3 N–H and O–H groups in total. The molecule has 0 aliphatic rings. The van der Waals surface area contributed by atoms with Gasteiger partial charge in [0, 0.05) is 16.6 Å². The molecule has 0 aliphatic heterocycles. The van der Waals surface area contributed by atoms with Gasteiger partial charge in [-0.3, -0.25) is 0 Å². The largest absolute Gasteiger partial charge is 0.416 e. The third-order valence-electron chi connectivity index (χ3n) is 4.62. The van der Waals surface area contributed by atoms with E-state index in [0.717, 1.165) is 24.3 Å². The predicted octanol–water partition coefficient (Wildman–Crippen LogP) is 6.15. The van der Waals surface area contributed by atoms with Crippen LogP contribution in [0.4, 0.5) is 26.3 Å². The number of fused-ring (bicyclic) bond motifs is 1. The summed E-state index contributed by atoms with van der Waals surface area (Å²) >= 11 is 0. The Morgan fingerprint density at radius 2 is 1.39 bits per heavy atom. The number of hydrogen-bond acceptors (Lipinski definition) is 1. The second kappa shape index (κ2) is 7.50. The Hall–Kier alpha value is -2.48. The number of hydrogen-bond donors (Lipinski definition) is 2. The van der Waals surface area contributed by atoms with E-state index in [9.17, 15) is 26.3 Å². The number of halogens is 6. The van der Waals surface area contributed by atoms with Crippen LogP contribution in [0.1, 0.15) is 29.5 Å². The molecule has 0 unspecified atom stereocenters. The molecule has 0 amide bonds.